The highest BCUT2D eigenvalue weighted by Crippen LogP contribution is 2.23. The van der Waals surface area contributed by atoms with Crippen molar-refractivity contribution in [3.63, 3.8) is 0 Å². The van der Waals surface area contributed by atoms with E-state index in [1.165, 1.54) is 0 Å². The van der Waals surface area contributed by atoms with Gasteiger partial charge in [-0.3, -0.25) is 4.79 Å². The van der Waals surface area contributed by atoms with Gasteiger partial charge in [0.2, 0.25) is 11.7 Å². The minimum atomic E-state index is -0.920. The average Bonchev–Trinajstić information content (AvgIpc) is 2.77. The van der Waals surface area contributed by atoms with E-state index in [0.717, 1.165) is 11.1 Å². The van der Waals surface area contributed by atoms with Gasteiger partial charge in [-0.1, -0.05) is 35.0 Å². The van der Waals surface area contributed by atoms with Gasteiger partial charge >= 0.3 is 5.97 Å². The molecule has 0 unspecified atom stereocenters. The zero-order chi connectivity index (χ0) is 14.0. The largest absolute Gasteiger partial charge is 0.481 e. The molecule has 2 rings (SSSR count). The van der Waals surface area contributed by atoms with Crippen LogP contribution in [0, 0.1) is 12.3 Å². The SMILES string of the molecule is Cc1ccc(-c2noc(CC(C)(C)C(=O)O)n2)cc1. The van der Waals surface area contributed by atoms with E-state index in [0.29, 0.717) is 11.7 Å². The van der Waals surface area contributed by atoms with Gasteiger partial charge in [0, 0.05) is 12.0 Å². The predicted octanol–water partition coefficient (Wildman–Crippen LogP) is 2.70. The molecule has 0 atom stereocenters. The highest BCUT2D eigenvalue weighted by atomic mass is 16.5. The average molecular weight is 260 g/mol. The number of carbonyl (C=O) groups is 1. The summed E-state index contributed by atoms with van der Waals surface area (Å²) in [4.78, 5) is 15.3. The van der Waals surface area contributed by atoms with Crippen LogP contribution in [0.5, 0.6) is 0 Å². The Labute approximate surface area is 111 Å². The Kier molecular flexibility index (Phi) is 3.38. The summed E-state index contributed by atoms with van der Waals surface area (Å²) in [5, 5.41) is 12.9. The van der Waals surface area contributed by atoms with Crippen molar-refractivity contribution in [3.8, 4) is 11.4 Å². The second-order valence-corrected chi connectivity index (χ2v) is 5.24. The lowest BCUT2D eigenvalue weighted by Crippen LogP contribution is -2.26. The van der Waals surface area contributed by atoms with E-state index >= 15 is 0 Å². The topological polar surface area (TPSA) is 76.2 Å². The zero-order valence-electron chi connectivity index (χ0n) is 11.2. The second kappa shape index (κ2) is 4.84. The first-order chi connectivity index (χ1) is 8.88. The molecule has 0 radical (unpaired) electrons. The highest BCUT2D eigenvalue weighted by Gasteiger charge is 2.30. The van der Waals surface area contributed by atoms with Crippen molar-refractivity contribution < 1.29 is 14.4 Å². The van der Waals surface area contributed by atoms with Crippen LogP contribution in [0.3, 0.4) is 0 Å². The number of hydrogen-bond donors (Lipinski definition) is 1. The summed E-state index contributed by atoms with van der Waals surface area (Å²) in [6.07, 6.45) is 0.210. The van der Waals surface area contributed by atoms with Gasteiger partial charge in [0.1, 0.15) is 0 Å². The summed E-state index contributed by atoms with van der Waals surface area (Å²) >= 11 is 0. The third-order valence-corrected chi connectivity index (χ3v) is 2.95. The summed E-state index contributed by atoms with van der Waals surface area (Å²) in [7, 11) is 0. The normalized spacial score (nSPS) is 11.5. The fraction of sp³-hybridized carbons (Fsp3) is 0.357. The zero-order valence-corrected chi connectivity index (χ0v) is 11.2. The fourth-order valence-electron chi connectivity index (χ4n) is 1.60. The molecule has 0 aliphatic rings. The van der Waals surface area contributed by atoms with Crippen LogP contribution in [0.4, 0.5) is 0 Å². The molecule has 0 aliphatic carbocycles. The standard InChI is InChI=1S/C14H16N2O3/c1-9-4-6-10(7-5-9)12-15-11(19-16-12)8-14(2,3)13(17)18/h4-7H,8H2,1-3H3,(H,17,18). The van der Waals surface area contributed by atoms with Crippen molar-refractivity contribution in [1.82, 2.24) is 10.1 Å². The molecule has 19 heavy (non-hydrogen) atoms. The molecule has 0 amide bonds. The molecule has 5 nitrogen and oxygen atoms in total. The van der Waals surface area contributed by atoms with Crippen LogP contribution in [0.25, 0.3) is 11.4 Å². The van der Waals surface area contributed by atoms with Crippen molar-refractivity contribution in [1.29, 1.82) is 0 Å². The van der Waals surface area contributed by atoms with Crippen LogP contribution in [0.2, 0.25) is 0 Å². The molecule has 0 saturated heterocycles. The predicted molar refractivity (Wildman–Crippen MR) is 69.6 cm³/mol. The van der Waals surface area contributed by atoms with Crippen LogP contribution in [0.1, 0.15) is 25.3 Å². The Morgan fingerprint density at radius 3 is 2.53 bits per heavy atom. The number of benzene rings is 1. The lowest BCUT2D eigenvalue weighted by atomic mass is 9.90. The van der Waals surface area contributed by atoms with Crippen molar-refractivity contribution >= 4 is 5.97 Å². The number of aryl methyl sites for hydroxylation is 1. The van der Waals surface area contributed by atoms with Gasteiger partial charge in [-0.05, 0) is 20.8 Å². The molecule has 1 heterocycles. The lowest BCUT2D eigenvalue weighted by molar-refractivity contribution is -0.147. The Morgan fingerprint density at radius 1 is 1.32 bits per heavy atom. The van der Waals surface area contributed by atoms with Gasteiger partial charge in [0.15, 0.2) is 0 Å². The van der Waals surface area contributed by atoms with Gasteiger partial charge in [-0.15, -0.1) is 0 Å². The Balaban J connectivity index is 2.20. The Morgan fingerprint density at radius 2 is 1.95 bits per heavy atom. The summed E-state index contributed by atoms with van der Waals surface area (Å²) in [6, 6.07) is 7.75. The van der Waals surface area contributed by atoms with E-state index in [-0.39, 0.29) is 6.42 Å². The number of nitrogens with zero attached hydrogens (tertiary/aromatic N) is 2. The monoisotopic (exact) mass is 260 g/mol. The number of aliphatic carboxylic acids is 1. The molecule has 1 aromatic heterocycles. The van der Waals surface area contributed by atoms with Crippen LogP contribution in [-0.4, -0.2) is 21.2 Å². The van der Waals surface area contributed by atoms with E-state index in [1.54, 1.807) is 13.8 Å². The number of rotatable bonds is 4. The van der Waals surface area contributed by atoms with Crippen LogP contribution in [0.15, 0.2) is 28.8 Å². The molecule has 0 saturated carbocycles. The highest BCUT2D eigenvalue weighted by molar-refractivity contribution is 5.73. The molecular weight excluding hydrogens is 244 g/mol. The first-order valence-electron chi connectivity index (χ1n) is 6.01. The van der Waals surface area contributed by atoms with Gasteiger partial charge in [0.25, 0.3) is 0 Å². The smallest absolute Gasteiger partial charge is 0.309 e. The van der Waals surface area contributed by atoms with Crippen LogP contribution < -0.4 is 0 Å². The molecule has 1 N–H and O–H groups in total. The molecule has 5 heteroatoms. The minimum Gasteiger partial charge on any atom is -0.481 e. The van der Waals surface area contributed by atoms with E-state index < -0.39 is 11.4 Å². The van der Waals surface area contributed by atoms with E-state index in [4.69, 9.17) is 9.63 Å². The third-order valence-electron chi connectivity index (χ3n) is 2.95. The molecule has 100 valence electrons. The maximum atomic E-state index is 11.0. The summed E-state index contributed by atoms with van der Waals surface area (Å²) < 4.78 is 5.11. The van der Waals surface area contributed by atoms with E-state index in [9.17, 15) is 4.79 Å². The molecule has 0 fully saturated rings. The number of aromatic nitrogens is 2. The fourth-order valence-corrected chi connectivity index (χ4v) is 1.60. The minimum absolute atomic E-state index is 0.210. The van der Waals surface area contributed by atoms with Crippen molar-refractivity contribution in [2.24, 2.45) is 5.41 Å². The summed E-state index contributed by atoms with van der Waals surface area (Å²) in [6.45, 7) is 5.26. The van der Waals surface area contributed by atoms with Crippen LogP contribution in [-0.2, 0) is 11.2 Å². The number of hydrogen-bond acceptors (Lipinski definition) is 4. The van der Waals surface area contributed by atoms with Crippen molar-refractivity contribution in [2.45, 2.75) is 27.2 Å². The quantitative estimate of drug-likeness (QED) is 0.914. The van der Waals surface area contributed by atoms with E-state index in [2.05, 4.69) is 10.1 Å². The molecule has 0 spiro atoms. The molecule has 2 aromatic rings. The molecule has 0 aliphatic heterocycles. The number of carboxylic acids is 1. The Bertz CT molecular complexity index is 585. The maximum Gasteiger partial charge on any atom is 0.309 e. The summed E-state index contributed by atoms with van der Waals surface area (Å²) in [5.41, 5.74) is 1.09. The van der Waals surface area contributed by atoms with E-state index in [1.807, 2.05) is 31.2 Å². The van der Waals surface area contributed by atoms with Gasteiger partial charge in [0.05, 0.1) is 5.41 Å². The molecular formula is C14H16N2O3. The first kappa shape index (κ1) is 13.3. The van der Waals surface area contributed by atoms with Gasteiger partial charge in [-0.25, -0.2) is 0 Å². The van der Waals surface area contributed by atoms with Gasteiger partial charge < -0.3 is 9.63 Å². The number of carboxylic acid groups (broad SMARTS) is 1. The maximum absolute atomic E-state index is 11.0. The van der Waals surface area contributed by atoms with Gasteiger partial charge in [-0.2, -0.15) is 4.98 Å². The lowest BCUT2D eigenvalue weighted by Gasteiger charge is -2.15. The third kappa shape index (κ3) is 2.99. The molecule has 0 bridgehead atoms. The van der Waals surface area contributed by atoms with Crippen molar-refractivity contribution in [3.05, 3.63) is 35.7 Å². The Hall–Kier alpha value is -2.17. The second-order valence-electron chi connectivity index (χ2n) is 5.24. The molecule has 1 aromatic carbocycles. The first-order valence-corrected chi connectivity index (χ1v) is 6.01. The summed E-state index contributed by atoms with van der Waals surface area (Å²) in [5.74, 6) is -0.0678. The van der Waals surface area contributed by atoms with Crippen molar-refractivity contribution in [2.75, 3.05) is 0 Å². The van der Waals surface area contributed by atoms with Crippen LogP contribution >= 0.6 is 0 Å².